The van der Waals surface area contributed by atoms with E-state index in [0.29, 0.717) is 31.4 Å². The van der Waals surface area contributed by atoms with E-state index in [0.717, 1.165) is 26.2 Å². The quantitative estimate of drug-likeness (QED) is 0.0547. The Hall–Kier alpha value is -3.85. The fraction of sp³-hybridized carbons (Fsp3) is 0.778. The van der Waals surface area contributed by atoms with Crippen LogP contribution in [-0.2, 0) is 47.7 Å². The minimum absolute atomic E-state index is 0.000325. The van der Waals surface area contributed by atoms with Gasteiger partial charge in [0.1, 0.15) is 19.8 Å². The first kappa shape index (κ1) is 52.5. The highest BCUT2D eigenvalue weighted by Crippen LogP contribution is 2.28. The van der Waals surface area contributed by atoms with Crippen LogP contribution in [0.3, 0.4) is 0 Å². The van der Waals surface area contributed by atoms with Crippen LogP contribution in [0.4, 0.5) is 18.0 Å². The van der Waals surface area contributed by atoms with Gasteiger partial charge in [-0.1, -0.05) is 27.4 Å². The van der Waals surface area contributed by atoms with E-state index in [-0.39, 0.29) is 44.7 Å². The zero-order valence-electron chi connectivity index (χ0n) is 32.8. The summed E-state index contributed by atoms with van der Waals surface area (Å²) in [4.78, 5) is 67.0. The number of amides is 1. The van der Waals surface area contributed by atoms with E-state index in [1.165, 1.54) is 6.92 Å². The lowest BCUT2D eigenvalue weighted by molar-refractivity contribution is -0.221. The fourth-order valence-corrected chi connectivity index (χ4v) is 2.67. The summed E-state index contributed by atoms with van der Waals surface area (Å²) in [7, 11) is 0. The summed E-state index contributed by atoms with van der Waals surface area (Å²) in [5.74, 6) is -2.60. The molecule has 0 aromatic rings. The van der Waals surface area contributed by atoms with Crippen molar-refractivity contribution in [2.24, 2.45) is 16.2 Å². The average molecular weight is 758 g/mol. The predicted molar refractivity (Wildman–Crippen MR) is 187 cm³/mol. The van der Waals surface area contributed by atoms with Gasteiger partial charge in [-0.3, -0.25) is 19.2 Å². The van der Waals surface area contributed by atoms with Crippen LogP contribution in [0, 0.1) is 16.2 Å². The lowest BCUT2D eigenvalue weighted by Gasteiger charge is -2.24. The van der Waals surface area contributed by atoms with Gasteiger partial charge >= 0.3 is 42.1 Å². The number of hydrogen-bond acceptors (Lipinski definition) is 11. The molecule has 0 radical (unpaired) electrons. The monoisotopic (exact) mass is 757 g/mol. The van der Waals surface area contributed by atoms with E-state index < -0.39 is 52.5 Å². The summed E-state index contributed by atoms with van der Waals surface area (Å²) < 4.78 is 60.1. The Labute approximate surface area is 306 Å². The van der Waals surface area contributed by atoms with Crippen molar-refractivity contribution in [1.82, 2.24) is 5.32 Å². The first-order valence-corrected chi connectivity index (χ1v) is 17.3. The molecule has 304 valence electrons. The van der Waals surface area contributed by atoms with Crippen molar-refractivity contribution in [3.63, 3.8) is 0 Å². The number of halogens is 3. The second-order valence-corrected chi connectivity index (χ2v) is 13.8. The van der Waals surface area contributed by atoms with Crippen molar-refractivity contribution < 1.29 is 70.7 Å². The zero-order chi connectivity index (χ0) is 41.3. The highest BCUT2D eigenvalue weighted by atomic mass is 19.4. The number of carbonyl (C=O) groups is 6. The van der Waals surface area contributed by atoms with Gasteiger partial charge in [0.2, 0.25) is 0 Å². The Morgan fingerprint density at radius 2 is 1.12 bits per heavy atom. The molecule has 0 saturated heterocycles. The topological polar surface area (TPSA) is 181 Å². The maximum Gasteiger partial charge on any atom is 0.425 e. The molecule has 1 amide bonds. The molecule has 0 saturated carbocycles. The summed E-state index contributed by atoms with van der Waals surface area (Å²) in [6, 6.07) is 0. The second kappa shape index (κ2) is 26.0. The van der Waals surface area contributed by atoms with Crippen molar-refractivity contribution in [3.05, 3.63) is 12.2 Å². The lowest BCUT2D eigenvalue weighted by atomic mass is 9.90. The maximum atomic E-state index is 12.0. The summed E-state index contributed by atoms with van der Waals surface area (Å²) >= 11 is 0. The normalized spacial score (nSPS) is 12.0. The van der Waals surface area contributed by atoms with Crippen molar-refractivity contribution in [2.75, 3.05) is 33.0 Å². The Kier molecular flexibility index (Phi) is 26.3. The largest absolute Gasteiger partial charge is 0.481 e. The zero-order valence-corrected chi connectivity index (χ0v) is 32.8. The average Bonchev–Trinajstić information content (AvgIpc) is 3.05. The molecule has 0 spiro atoms. The number of hydrogen-bond donors (Lipinski definition) is 2. The first-order valence-electron chi connectivity index (χ1n) is 17.3. The molecular weight excluding hydrogens is 695 g/mol. The number of carboxylic acids is 1. The van der Waals surface area contributed by atoms with E-state index in [9.17, 15) is 41.9 Å². The van der Waals surface area contributed by atoms with E-state index in [2.05, 4.69) is 16.6 Å². The smallest absolute Gasteiger partial charge is 0.425 e. The minimum atomic E-state index is -4.49. The first-order chi connectivity index (χ1) is 23.7. The SMILES string of the molecule is C=C(C)C(=O)OCCNC(=O)OCCOC(=O)C(C)(C)CC.CCC(C)(C)C(=O)OC(C)C(F)(F)F.CCC(C)(C)C(=O)OCCCCCC(=O)O. The number of alkyl carbamates (subject to hydrolysis) is 1. The number of nitrogens with one attached hydrogen (secondary N) is 1. The highest BCUT2D eigenvalue weighted by molar-refractivity contribution is 5.86. The van der Waals surface area contributed by atoms with Gasteiger partial charge in [-0.15, -0.1) is 0 Å². The molecule has 0 fully saturated rings. The molecule has 16 heteroatoms. The standard InChI is InChI=1S/C15H25NO6.C12H22O4.C9H15F3O2/c1-6-15(4,5)13(18)21-9-10-22-14(19)16-7-8-20-12(17)11(2)3;1-4-12(2,3)11(15)16-9-7-5-6-8-10(13)14;1-5-8(3,4)7(13)14-6(2)9(10,11)12/h2,6-10H2,1,3-5H3,(H,16,19);4-9H2,1-3H3,(H,13,14);6H,5H2,1-4H3. The third kappa shape index (κ3) is 26.0. The third-order valence-electron chi connectivity index (χ3n) is 7.82. The summed E-state index contributed by atoms with van der Waals surface area (Å²) in [5.41, 5.74) is -1.53. The van der Waals surface area contributed by atoms with Crippen LogP contribution in [0.5, 0.6) is 0 Å². The molecule has 0 aromatic carbocycles. The molecule has 2 N–H and O–H groups in total. The number of unbranched alkanes of at least 4 members (excludes halogenated alkanes) is 2. The number of carbonyl (C=O) groups excluding carboxylic acids is 5. The molecule has 0 bridgehead atoms. The molecule has 13 nitrogen and oxygen atoms in total. The molecular formula is C36H62F3NO12. The van der Waals surface area contributed by atoms with Crippen LogP contribution in [0.1, 0.15) is 121 Å². The van der Waals surface area contributed by atoms with E-state index in [1.54, 1.807) is 34.6 Å². The molecule has 1 unspecified atom stereocenters. The van der Waals surface area contributed by atoms with E-state index >= 15 is 0 Å². The van der Waals surface area contributed by atoms with Gasteiger partial charge in [-0.05, 0) is 93.9 Å². The maximum absolute atomic E-state index is 12.0. The number of aliphatic carboxylic acids is 1. The minimum Gasteiger partial charge on any atom is -0.481 e. The number of alkyl halides is 3. The van der Waals surface area contributed by atoms with Crippen LogP contribution < -0.4 is 5.32 Å². The van der Waals surface area contributed by atoms with Crippen molar-refractivity contribution in [2.45, 2.75) is 133 Å². The predicted octanol–water partition coefficient (Wildman–Crippen LogP) is 7.34. The summed E-state index contributed by atoms with van der Waals surface area (Å²) in [6.07, 6.45) is -2.99. The van der Waals surface area contributed by atoms with Gasteiger partial charge in [0.05, 0.1) is 29.4 Å². The molecule has 0 rings (SSSR count). The number of esters is 4. The van der Waals surface area contributed by atoms with E-state index in [4.69, 9.17) is 24.1 Å². The number of carboxylic acid groups (broad SMARTS) is 1. The lowest BCUT2D eigenvalue weighted by Crippen LogP contribution is -2.36. The van der Waals surface area contributed by atoms with Crippen molar-refractivity contribution >= 4 is 35.9 Å². The van der Waals surface area contributed by atoms with Gasteiger partial charge in [0, 0.05) is 12.0 Å². The molecule has 52 heavy (non-hydrogen) atoms. The van der Waals surface area contributed by atoms with Gasteiger partial charge in [0.25, 0.3) is 0 Å². The molecule has 0 aliphatic heterocycles. The second-order valence-electron chi connectivity index (χ2n) is 13.8. The molecule has 0 aromatic heterocycles. The van der Waals surface area contributed by atoms with Crippen molar-refractivity contribution in [3.8, 4) is 0 Å². The molecule has 1 atom stereocenters. The van der Waals surface area contributed by atoms with Gasteiger partial charge in [-0.2, -0.15) is 13.2 Å². The number of ether oxygens (including phenoxy) is 5. The summed E-state index contributed by atoms with van der Waals surface area (Å²) in [6.45, 7) is 22.3. The highest BCUT2D eigenvalue weighted by Gasteiger charge is 2.41. The van der Waals surface area contributed by atoms with Crippen molar-refractivity contribution in [1.29, 1.82) is 0 Å². The third-order valence-corrected chi connectivity index (χ3v) is 7.82. The van der Waals surface area contributed by atoms with Crippen LogP contribution >= 0.6 is 0 Å². The van der Waals surface area contributed by atoms with Gasteiger partial charge < -0.3 is 34.1 Å². The van der Waals surface area contributed by atoms with Crippen LogP contribution in [0.15, 0.2) is 12.2 Å². The Bertz CT molecular complexity index is 1130. The fourth-order valence-electron chi connectivity index (χ4n) is 2.67. The Morgan fingerprint density at radius 3 is 1.54 bits per heavy atom. The van der Waals surface area contributed by atoms with Crippen LogP contribution in [-0.4, -0.2) is 86.3 Å². The number of rotatable bonds is 20. The van der Waals surface area contributed by atoms with Gasteiger partial charge in [0.15, 0.2) is 6.10 Å². The van der Waals surface area contributed by atoms with Gasteiger partial charge in [-0.25, -0.2) is 9.59 Å². The molecule has 0 heterocycles. The Balaban J connectivity index is -0.000000715. The summed E-state index contributed by atoms with van der Waals surface area (Å²) in [5, 5.41) is 10.8. The Morgan fingerprint density at radius 1 is 0.673 bits per heavy atom. The van der Waals surface area contributed by atoms with Crippen LogP contribution in [0.25, 0.3) is 0 Å². The van der Waals surface area contributed by atoms with E-state index in [1.807, 2.05) is 27.7 Å². The molecule has 0 aliphatic carbocycles. The van der Waals surface area contributed by atoms with Crippen LogP contribution in [0.2, 0.25) is 0 Å². The molecule has 0 aliphatic rings.